The van der Waals surface area contributed by atoms with E-state index in [2.05, 4.69) is 25.1 Å². The lowest BCUT2D eigenvalue weighted by atomic mass is 9.91. The fraction of sp³-hybridized carbons (Fsp3) is 0.571. The maximum Gasteiger partial charge on any atom is 0.0872 e. The highest BCUT2D eigenvalue weighted by Gasteiger charge is 2.38. The van der Waals surface area contributed by atoms with E-state index in [1.54, 1.807) is 0 Å². The zero-order valence-electron chi connectivity index (χ0n) is 10.0. The van der Waals surface area contributed by atoms with Gasteiger partial charge < -0.3 is 9.47 Å². The second-order valence-corrected chi connectivity index (χ2v) is 5.58. The van der Waals surface area contributed by atoms with Crippen LogP contribution in [0.1, 0.15) is 41.8 Å². The van der Waals surface area contributed by atoms with E-state index in [1.807, 2.05) is 0 Å². The van der Waals surface area contributed by atoms with Gasteiger partial charge in [0, 0.05) is 6.61 Å². The third-order valence-corrected chi connectivity index (χ3v) is 4.54. The minimum atomic E-state index is -0.213. The molecule has 0 aliphatic carbocycles. The van der Waals surface area contributed by atoms with Crippen molar-refractivity contribution < 1.29 is 9.47 Å². The summed E-state index contributed by atoms with van der Waals surface area (Å²) in [7, 11) is 0. The SMILES string of the molecule is CC1(C(Cl)c2ccc3c(c2)COC3)CCCO1. The van der Waals surface area contributed by atoms with Crippen LogP contribution >= 0.6 is 11.6 Å². The molecule has 3 heteroatoms. The zero-order chi connectivity index (χ0) is 11.9. The molecule has 2 unspecified atom stereocenters. The van der Waals surface area contributed by atoms with E-state index < -0.39 is 0 Å². The van der Waals surface area contributed by atoms with Gasteiger partial charge in [0.25, 0.3) is 0 Å². The fourth-order valence-corrected chi connectivity index (χ4v) is 3.01. The van der Waals surface area contributed by atoms with Gasteiger partial charge in [0.05, 0.1) is 24.2 Å². The van der Waals surface area contributed by atoms with Crippen LogP contribution in [0.4, 0.5) is 0 Å². The standard InChI is InChI=1S/C14H17ClO2/c1-14(5-2-6-17-14)13(15)10-3-4-11-8-16-9-12(11)7-10/h3-4,7,13H,2,5-6,8-9H2,1H3. The molecule has 2 atom stereocenters. The van der Waals surface area contributed by atoms with Crippen LogP contribution in [-0.2, 0) is 22.7 Å². The highest BCUT2D eigenvalue weighted by molar-refractivity contribution is 6.21. The summed E-state index contributed by atoms with van der Waals surface area (Å²) in [5.41, 5.74) is 3.50. The van der Waals surface area contributed by atoms with Crippen molar-refractivity contribution in [2.24, 2.45) is 0 Å². The van der Waals surface area contributed by atoms with E-state index in [1.165, 1.54) is 11.1 Å². The molecule has 1 fully saturated rings. The summed E-state index contributed by atoms with van der Waals surface area (Å²) in [6.45, 7) is 4.38. The molecule has 0 N–H and O–H groups in total. The second-order valence-electron chi connectivity index (χ2n) is 5.15. The van der Waals surface area contributed by atoms with Crippen LogP contribution in [-0.4, -0.2) is 12.2 Å². The molecule has 2 heterocycles. The van der Waals surface area contributed by atoms with Crippen molar-refractivity contribution in [3.8, 4) is 0 Å². The summed E-state index contributed by atoms with van der Waals surface area (Å²) in [5, 5.41) is -0.0732. The van der Waals surface area contributed by atoms with Gasteiger partial charge in [-0.3, -0.25) is 0 Å². The zero-order valence-corrected chi connectivity index (χ0v) is 10.8. The summed E-state index contributed by atoms with van der Waals surface area (Å²) in [6, 6.07) is 6.41. The first-order valence-corrected chi connectivity index (χ1v) is 6.60. The van der Waals surface area contributed by atoms with Gasteiger partial charge in [-0.15, -0.1) is 11.6 Å². The molecular formula is C14H17ClO2. The van der Waals surface area contributed by atoms with Gasteiger partial charge in [0.1, 0.15) is 0 Å². The molecule has 1 saturated heterocycles. The number of rotatable bonds is 2. The largest absolute Gasteiger partial charge is 0.373 e. The molecule has 0 aromatic heterocycles. The van der Waals surface area contributed by atoms with Gasteiger partial charge >= 0.3 is 0 Å². The van der Waals surface area contributed by atoms with Crippen LogP contribution in [0, 0.1) is 0 Å². The summed E-state index contributed by atoms with van der Waals surface area (Å²) in [4.78, 5) is 0. The van der Waals surface area contributed by atoms with Crippen molar-refractivity contribution in [2.75, 3.05) is 6.61 Å². The normalized spacial score (nSPS) is 29.3. The highest BCUT2D eigenvalue weighted by Crippen LogP contribution is 2.42. The Labute approximate surface area is 107 Å². The number of ether oxygens (including phenoxy) is 2. The molecule has 1 aromatic carbocycles. The first-order chi connectivity index (χ1) is 8.19. The predicted octanol–water partition coefficient (Wildman–Crippen LogP) is 3.57. The highest BCUT2D eigenvalue weighted by atomic mass is 35.5. The Morgan fingerprint density at radius 3 is 2.88 bits per heavy atom. The van der Waals surface area contributed by atoms with E-state index in [4.69, 9.17) is 21.1 Å². The van der Waals surface area contributed by atoms with E-state index in [9.17, 15) is 0 Å². The lowest BCUT2D eigenvalue weighted by molar-refractivity contribution is 0.0164. The summed E-state index contributed by atoms with van der Waals surface area (Å²) in [5.74, 6) is 0. The van der Waals surface area contributed by atoms with Gasteiger partial charge in [0.15, 0.2) is 0 Å². The van der Waals surface area contributed by atoms with Gasteiger partial charge in [-0.2, -0.15) is 0 Å². The second kappa shape index (κ2) is 4.27. The smallest absolute Gasteiger partial charge is 0.0872 e. The molecule has 0 radical (unpaired) electrons. The van der Waals surface area contributed by atoms with Crippen molar-refractivity contribution in [1.29, 1.82) is 0 Å². The minimum absolute atomic E-state index is 0.0732. The first-order valence-electron chi connectivity index (χ1n) is 6.16. The Kier molecular flexibility index (Phi) is 2.89. The summed E-state index contributed by atoms with van der Waals surface area (Å²) in [6.07, 6.45) is 2.14. The van der Waals surface area contributed by atoms with Crippen LogP contribution in [0.25, 0.3) is 0 Å². The van der Waals surface area contributed by atoms with Crippen LogP contribution < -0.4 is 0 Å². The van der Waals surface area contributed by atoms with E-state index in [0.29, 0.717) is 6.61 Å². The summed E-state index contributed by atoms with van der Waals surface area (Å²) < 4.78 is 11.2. The van der Waals surface area contributed by atoms with Crippen molar-refractivity contribution in [2.45, 2.75) is 44.0 Å². The molecule has 2 nitrogen and oxygen atoms in total. The molecule has 2 aliphatic rings. The van der Waals surface area contributed by atoms with Crippen molar-refractivity contribution in [1.82, 2.24) is 0 Å². The Balaban J connectivity index is 1.88. The molecule has 0 amide bonds. The number of hydrogen-bond acceptors (Lipinski definition) is 2. The number of alkyl halides is 1. The predicted molar refractivity (Wildman–Crippen MR) is 67.1 cm³/mol. The van der Waals surface area contributed by atoms with Crippen molar-refractivity contribution in [3.05, 3.63) is 34.9 Å². The molecule has 2 aliphatic heterocycles. The van der Waals surface area contributed by atoms with Crippen LogP contribution in [0.15, 0.2) is 18.2 Å². The fourth-order valence-electron chi connectivity index (χ4n) is 2.70. The minimum Gasteiger partial charge on any atom is -0.373 e. The molecule has 1 aromatic rings. The molecule has 92 valence electrons. The third kappa shape index (κ3) is 1.99. The molecular weight excluding hydrogens is 236 g/mol. The average molecular weight is 253 g/mol. The van der Waals surface area contributed by atoms with Crippen molar-refractivity contribution in [3.63, 3.8) is 0 Å². The third-order valence-electron chi connectivity index (χ3n) is 3.82. The lowest BCUT2D eigenvalue weighted by Gasteiger charge is -2.29. The number of benzene rings is 1. The maximum absolute atomic E-state index is 6.59. The van der Waals surface area contributed by atoms with Gasteiger partial charge in [-0.1, -0.05) is 18.2 Å². The molecule has 0 spiro atoms. The number of hydrogen-bond donors (Lipinski definition) is 0. The Morgan fingerprint density at radius 2 is 2.12 bits per heavy atom. The first kappa shape index (κ1) is 11.5. The Bertz CT molecular complexity index is 424. The van der Waals surface area contributed by atoms with E-state index >= 15 is 0 Å². The van der Waals surface area contributed by atoms with Gasteiger partial charge in [0.2, 0.25) is 0 Å². The molecule has 3 rings (SSSR count). The Morgan fingerprint density at radius 1 is 1.29 bits per heavy atom. The quantitative estimate of drug-likeness (QED) is 0.750. The lowest BCUT2D eigenvalue weighted by Crippen LogP contribution is -2.28. The summed E-state index contributed by atoms with van der Waals surface area (Å²) >= 11 is 6.59. The maximum atomic E-state index is 6.59. The van der Waals surface area contributed by atoms with E-state index in [-0.39, 0.29) is 11.0 Å². The molecule has 0 bridgehead atoms. The van der Waals surface area contributed by atoms with Crippen molar-refractivity contribution >= 4 is 11.6 Å². The number of halogens is 1. The molecule has 17 heavy (non-hydrogen) atoms. The van der Waals surface area contributed by atoms with Gasteiger partial charge in [-0.25, -0.2) is 0 Å². The van der Waals surface area contributed by atoms with Crippen LogP contribution in [0.5, 0.6) is 0 Å². The van der Waals surface area contributed by atoms with Crippen LogP contribution in [0.3, 0.4) is 0 Å². The van der Waals surface area contributed by atoms with E-state index in [0.717, 1.165) is 31.6 Å². The monoisotopic (exact) mass is 252 g/mol. The Hall–Kier alpha value is -0.570. The number of fused-ring (bicyclic) bond motifs is 1. The van der Waals surface area contributed by atoms with Gasteiger partial charge in [-0.05, 0) is 36.5 Å². The topological polar surface area (TPSA) is 18.5 Å². The average Bonchev–Trinajstić information content (AvgIpc) is 2.96. The van der Waals surface area contributed by atoms with Crippen LogP contribution in [0.2, 0.25) is 0 Å². The molecule has 0 saturated carbocycles.